The number of phosphoric ester groups is 1. The smallest absolute Gasteiger partial charge is 0.387 e. The van der Waals surface area contributed by atoms with Crippen LogP contribution < -0.4 is 32.0 Å². The lowest BCUT2D eigenvalue weighted by atomic mass is 10.1. The summed E-state index contributed by atoms with van der Waals surface area (Å²) >= 11 is 0. The summed E-state index contributed by atoms with van der Waals surface area (Å²) in [5.41, 5.74) is 9.44. The number of anilines is 2. The second-order valence-electron chi connectivity index (χ2n) is 11.4. The van der Waals surface area contributed by atoms with Crippen molar-refractivity contribution in [2.45, 2.75) is 49.1 Å². The lowest BCUT2D eigenvalue weighted by Gasteiger charge is -2.22. The zero-order chi connectivity index (χ0) is 38.1. The summed E-state index contributed by atoms with van der Waals surface area (Å²) in [7, 11) is -15.3. The van der Waals surface area contributed by atoms with E-state index in [4.69, 9.17) is 25.5 Å². The molecule has 14 N–H and O–H groups in total. The molecule has 0 spiro atoms. The van der Waals surface area contributed by atoms with Crippen molar-refractivity contribution in [2.24, 2.45) is 7.05 Å². The van der Waals surface area contributed by atoms with Crippen LogP contribution in [-0.2, 0) is 43.6 Å². The van der Waals surface area contributed by atoms with Gasteiger partial charge in [0.15, 0.2) is 23.7 Å². The first-order chi connectivity index (χ1) is 24.2. The fourth-order valence-corrected chi connectivity index (χ4v) is 9.47. The summed E-state index contributed by atoms with van der Waals surface area (Å²) in [6, 6.07) is 0. The number of aromatic nitrogens is 8. The summed E-state index contributed by atoms with van der Waals surface area (Å²) in [6.07, 6.45) is -10.8. The molecule has 0 radical (unpaired) electrons. The Bertz CT molecular complexity index is 2280. The number of phosphoric acid groups is 1. The van der Waals surface area contributed by atoms with Crippen molar-refractivity contribution in [3.05, 3.63) is 33.4 Å². The van der Waals surface area contributed by atoms with Crippen molar-refractivity contribution < 1.29 is 76.2 Å². The highest BCUT2D eigenvalue weighted by Gasteiger charge is 2.49. The van der Waals surface area contributed by atoms with Gasteiger partial charge >= 0.3 is 29.0 Å². The van der Waals surface area contributed by atoms with E-state index in [1.807, 2.05) is 0 Å². The van der Waals surface area contributed by atoms with Gasteiger partial charge in [0.05, 0.1) is 26.6 Å². The van der Waals surface area contributed by atoms with Crippen LogP contribution in [0.5, 0.6) is 0 Å². The number of nitrogens with zero attached hydrogens (tertiary/aromatic N) is 6. The van der Waals surface area contributed by atoms with Crippen molar-refractivity contribution in [2.75, 3.05) is 24.7 Å². The number of fused-ring (bicyclic) bond motifs is 2. The van der Waals surface area contributed by atoms with Crippen LogP contribution in [0.25, 0.3) is 22.3 Å². The molecule has 11 atom stereocenters. The van der Waals surface area contributed by atoms with E-state index in [0.717, 1.165) is 20.3 Å². The van der Waals surface area contributed by atoms with Gasteiger partial charge < -0.3 is 56.0 Å². The maximum Gasteiger partial charge on any atom is 0.480 e. The van der Waals surface area contributed by atoms with Crippen LogP contribution >= 0.6 is 23.3 Å². The average Bonchev–Trinajstić information content (AvgIpc) is 3.74. The molecule has 0 aromatic carbocycles. The molecule has 31 heteroatoms. The van der Waals surface area contributed by atoms with Gasteiger partial charge in [-0.25, -0.2) is 23.2 Å². The van der Waals surface area contributed by atoms with Gasteiger partial charge in [-0.15, -0.1) is 4.86 Å². The minimum atomic E-state index is -5.75. The molecule has 4 aromatic rings. The number of H-pyrrole nitrogens is 2. The predicted octanol–water partition coefficient (Wildman–Crippen LogP) is -4.97. The lowest BCUT2D eigenvalue weighted by Crippen LogP contribution is -2.46. The second kappa shape index (κ2) is 13.7. The molecule has 2 aliphatic heterocycles. The Kier molecular flexibility index (Phi) is 10.1. The molecule has 0 bridgehead atoms. The Morgan fingerprint density at radius 2 is 1.52 bits per heavy atom. The van der Waals surface area contributed by atoms with Crippen molar-refractivity contribution in [3.8, 4) is 0 Å². The number of nitrogen functional groups attached to an aromatic ring is 2. The Labute approximate surface area is 286 Å². The highest BCUT2D eigenvalue weighted by molar-refractivity contribution is 7.71. The van der Waals surface area contributed by atoms with E-state index in [1.165, 1.54) is 17.9 Å². The standard InChI is InChI=1S/C21H30N11O17P3/c1-30-5-32(15-9(30)17(38)28-21(23)26-15)19-13(36)10(33)6(48-19)2-45-50(39,40)29-51(41,42)49-52(43,44)46-3-7-11(34)12(35)18(47-7)31-4-24-8-14(31)25-20(22)27-16(8)37/h4-7,10-13,18-19,33-36H,2-3H2,1H3,(H9-,22,23,25,26,27,28,29,37,38,39,40,41,42,43,44)/p+1/t6-,7-,10-,11-,12-,13-,18-,19-/m1/s1. The normalized spacial score (nSPS) is 30.1. The number of rotatable bonds is 12. The molecule has 286 valence electrons. The van der Waals surface area contributed by atoms with E-state index < -0.39 is 96.7 Å². The number of aromatic amines is 2. The van der Waals surface area contributed by atoms with E-state index in [1.54, 1.807) is 0 Å². The number of nitrogens with one attached hydrogen (secondary N) is 3. The number of hydrogen-bond donors (Lipinski definition) is 12. The van der Waals surface area contributed by atoms with Crippen LogP contribution in [0.3, 0.4) is 0 Å². The van der Waals surface area contributed by atoms with Gasteiger partial charge in [0, 0.05) is 0 Å². The Balaban J connectivity index is 1.05. The first-order valence-electron chi connectivity index (χ1n) is 14.5. The molecule has 2 fully saturated rings. The number of imidazole rings is 2. The van der Waals surface area contributed by atoms with Crippen molar-refractivity contribution in [1.82, 2.24) is 38.9 Å². The van der Waals surface area contributed by atoms with Crippen molar-refractivity contribution in [1.29, 1.82) is 0 Å². The molecular formula is C21H31N11O17P3+. The van der Waals surface area contributed by atoms with Gasteiger partial charge in [0.25, 0.3) is 17.1 Å². The van der Waals surface area contributed by atoms with Crippen LogP contribution in [0.1, 0.15) is 12.5 Å². The molecule has 0 saturated carbocycles. The molecule has 2 saturated heterocycles. The molecule has 0 aliphatic carbocycles. The predicted molar refractivity (Wildman–Crippen MR) is 166 cm³/mol. The van der Waals surface area contributed by atoms with E-state index in [9.17, 15) is 58.4 Å². The van der Waals surface area contributed by atoms with E-state index >= 15 is 0 Å². The molecule has 3 unspecified atom stereocenters. The van der Waals surface area contributed by atoms with Crippen LogP contribution in [0.4, 0.5) is 11.9 Å². The number of ether oxygens (including phenoxy) is 2. The van der Waals surface area contributed by atoms with E-state index in [0.29, 0.717) is 0 Å². The summed E-state index contributed by atoms with van der Waals surface area (Å²) < 4.78 is 65.7. The quantitative estimate of drug-likeness (QED) is 0.0471. The van der Waals surface area contributed by atoms with Gasteiger partial charge in [0.2, 0.25) is 17.7 Å². The second-order valence-corrected chi connectivity index (χ2v) is 16.4. The number of aryl methyl sites for hydroxylation is 1. The van der Waals surface area contributed by atoms with Gasteiger partial charge in [-0.05, 0) is 0 Å². The number of nitrogens with two attached hydrogens (primary N) is 2. The summed E-state index contributed by atoms with van der Waals surface area (Å²) in [6.45, 7) is -2.09. The monoisotopic (exact) mass is 802 g/mol. The third kappa shape index (κ3) is 7.46. The zero-order valence-electron chi connectivity index (χ0n) is 26.1. The molecule has 6 rings (SSSR count). The van der Waals surface area contributed by atoms with Gasteiger partial charge in [-0.2, -0.15) is 9.29 Å². The van der Waals surface area contributed by atoms with Crippen LogP contribution in [0.2, 0.25) is 0 Å². The summed E-state index contributed by atoms with van der Waals surface area (Å²) in [5, 5.41) is 42.1. The fourth-order valence-electron chi connectivity index (χ4n) is 5.49. The summed E-state index contributed by atoms with van der Waals surface area (Å²) in [4.78, 5) is 72.0. The largest absolute Gasteiger partial charge is 0.480 e. The average molecular weight is 802 g/mol. The van der Waals surface area contributed by atoms with Gasteiger partial charge in [0.1, 0.15) is 36.6 Å². The minimum absolute atomic E-state index is 0.0198. The molecule has 4 aromatic heterocycles. The topological polar surface area (TPSA) is 421 Å². The molecule has 52 heavy (non-hydrogen) atoms. The third-order valence-electron chi connectivity index (χ3n) is 7.75. The van der Waals surface area contributed by atoms with Crippen LogP contribution in [0, 0.1) is 0 Å². The third-order valence-corrected chi connectivity index (χ3v) is 12.5. The molecular weight excluding hydrogens is 771 g/mol. The van der Waals surface area contributed by atoms with Crippen LogP contribution in [-0.4, -0.2) is 119 Å². The lowest BCUT2D eigenvalue weighted by molar-refractivity contribution is -0.745. The van der Waals surface area contributed by atoms with E-state index in [2.05, 4.69) is 33.8 Å². The Morgan fingerprint density at radius 3 is 2.23 bits per heavy atom. The van der Waals surface area contributed by atoms with E-state index in [-0.39, 0.29) is 34.2 Å². The van der Waals surface area contributed by atoms with Crippen molar-refractivity contribution >= 4 is 57.5 Å². The maximum absolute atomic E-state index is 12.6. The van der Waals surface area contributed by atoms with Crippen LogP contribution in [0.15, 0.2) is 22.2 Å². The SMILES string of the molecule is Cn1c[n+]([C@@H]2O[C@H](COP(=O)(O)NP(=O)(O)OP(=O)(O)OC[C@H]3O[C@@H](n4cnc5c(=O)[nH]c(N)nc54)[C@H](O)[C@@H]3O)[C@@H](O)[C@H]2O)c2nc(N)[nH]c(=O)c21. The van der Waals surface area contributed by atoms with Gasteiger partial charge in [-0.1, -0.05) is 4.98 Å². The zero-order valence-corrected chi connectivity index (χ0v) is 28.8. The fraction of sp³-hybridized carbons (Fsp3) is 0.524. The molecule has 6 heterocycles. The first-order valence-corrected chi connectivity index (χ1v) is 19.1. The first kappa shape index (κ1) is 38.2. The number of hydrogen-bond acceptors (Lipinski definition) is 19. The number of aliphatic hydroxyl groups is 4. The molecule has 2 aliphatic rings. The Morgan fingerprint density at radius 1 is 0.904 bits per heavy atom. The summed E-state index contributed by atoms with van der Waals surface area (Å²) in [5.74, 6) is -0.576. The highest BCUT2D eigenvalue weighted by Crippen LogP contribution is 2.62. The number of aliphatic hydroxyl groups excluding tert-OH is 4. The molecule has 28 nitrogen and oxygen atoms in total. The van der Waals surface area contributed by atoms with Crippen molar-refractivity contribution in [3.63, 3.8) is 0 Å². The molecule has 0 amide bonds. The maximum atomic E-state index is 12.6. The Hall–Kier alpha value is -3.53. The van der Waals surface area contributed by atoms with Gasteiger partial charge in [-0.3, -0.25) is 37.7 Å². The minimum Gasteiger partial charge on any atom is -0.387 e. The highest BCUT2D eigenvalue weighted by atomic mass is 31.3.